The number of aryl methyl sites for hydroxylation is 1. The molecule has 0 bridgehead atoms. The second-order valence-corrected chi connectivity index (χ2v) is 5.36. The summed E-state index contributed by atoms with van der Waals surface area (Å²) in [6.45, 7) is 4.23. The van der Waals surface area contributed by atoms with Crippen LogP contribution in [0.4, 0.5) is 0 Å². The first-order valence-corrected chi connectivity index (χ1v) is 6.79. The molecule has 1 saturated carbocycles. The Bertz CT molecular complexity index is 338. The minimum atomic E-state index is 0.130. The van der Waals surface area contributed by atoms with E-state index in [1.54, 1.807) is 0 Å². The fraction of sp³-hybridized carbons (Fsp3) is 0.600. The third-order valence-electron chi connectivity index (χ3n) is 3.52. The van der Waals surface area contributed by atoms with Gasteiger partial charge in [-0.3, -0.25) is 0 Å². The summed E-state index contributed by atoms with van der Waals surface area (Å²) < 4.78 is 0. The monoisotopic (exact) mass is 232 g/mol. The summed E-state index contributed by atoms with van der Waals surface area (Å²) in [5.74, 6) is 0. The fourth-order valence-electron chi connectivity index (χ4n) is 2.07. The molecule has 1 fully saturated rings. The van der Waals surface area contributed by atoms with Crippen LogP contribution in [0.15, 0.2) is 24.3 Å². The van der Waals surface area contributed by atoms with Crippen LogP contribution in [0.1, 0.15) is 37.3 Å². The number of hydrogen-bond donors (Lipinski definition) is 2. The quantitative estimate of drug-likeness (QED) is 0.708. The molecule has 0 unspecified atom stereocenters. The van der Waals surface area contributed by atoms with Crippen molar-refractivity contribution in [3.05, 3.63) is 35.4 Å². The van der Waals surface area contributed by atoms with Gasteiger partial charge in [-0.2, -0.15) is 0 Å². The molecule has 0 amide bonds. The van der Waals surface area contributed by atoms with Crippen molar-refractivity contribution >= 4 is 0 Å². The molecular weight excluding hydrogens is 208 g/mol. The maximum absolute atomic E-state index is 6.02. The van der Waals surface area contributed by atoms with E-state index in [2.05, 4.69) is 36.5 Å². The molecule has 1 aliphatic carbocycles. The lowest BCUT2D eigenvalue weighted by Gasteiger charge is -2.10. The first-order valence-electron chi connectivity index (χ1n) is 6.79. The molecule has 1 aromatic carbocycles. The van der Waals surface area contributed by atoms with Gasteiger partial charge in [0.25, 0.3) is 0 Å². The summed E-state index contributed by atoms with van der Waals surface area (Å²) in [6.07, 6.45) is 5.88. The molecule has 1 aliphatic rings. The number of hydrogen-bond acceptors (Lipinski definition) is 2. The smallest absolute Gasteiger partial charge is 0.0282 e. The van der Waals surface area contributed by atoms with E-state index >= 15 is 0 Å². The summed E-state index contributed by atoms with van der Waals surface area (Å²) in [4.78, 5) is 0. The van der Waals surface area contributed by atoms with E-state index in [0.29, 0.717) is 0 Å². The van der Waals surface area contributed by atoms with Gasteiger partial charge in [0.2, 0.25) is 0 Å². The molecule has 0 heterocycles. The molecule has 0 saturated heterocycles. The zero-order valence-electron chi connectivity index (χ0n) is 10.8. The molecule has 0 aromatic heterocycles. The minimum absolute atomic E-state index is 0.130. The van der Waals surface area contributed by atoms with Crippen LogP contribution < -0.4 is 11.1 Å². The van der Waals surface area contributed by atoms with E-state index in [0.717, 1.165) is 19.5 Å². The number of rotatable bonds is 7. The van der Waals surface area contributed by atoms with E-state index in [9.17, 15) is 0 Å². The summed E-state index contributed by atoms with van der Waals surface area (Å²) in [5.41, 5.74) is 9.01. The predicted molar refractivity (Wildman–Crippen MR) is 73.2 cm³/mol. The Kier molecular flexibility index (Phi) is 4.19. The molecule has 3 N–H and O–H groups in total. The van der Waals surface area contributed by atoms with Crippen molar-refractivity contribution in [1.82, 2.24) is 5.32 Å². The van der Waals surface area contributed by atoms with Crippen molar-refractivity contribution < 1.29 is 0 Å². The van der Waals surface area contributed by atoms with Gasteiger partial charge in [0.15, 0.2) is 0 Å². The Morgan fingerprint density at radius 3 is 2.24 bits per heavy atom. The van der Waals surface area contributed by atoms with E-state index in [1.807, 2.05) is 0 Å². The topological polar surface area (TPSA) is 38.0 Å². The van der Waals surface area contributed by atoms with Gasteiger partial charge in [0, 0.05) is 12.1 Å². The van der Waals surface area contributed by atoms with Gasteiger partial charge in [-0.1, -0.05) is 37.6 Å². The highest BCUT2D eigenvalue weighted by atomic mass is 15.0. The lowest BCUT2D eigenvalue weighted by atomic mass is 10.1. The summed E-state index contributed by atoms with van der Waals surface area (Å²) in [5, 5.41) is 3.45. The van der Waals surface area contributed by atoms with Crippen molar-refractivity contribution in [3.8, 4) is 0 Å². The second kappa shape index (κ2) is 5.65. The van der Waals surface area contributed by atoms with Crippen LogP contribution in [-0.2, 0) is 12.8 Å². The number of nitrogens with two attached hydrogens (primary N) is 1. The van der Waals surface area contributed by atoms with E-state index in [-0.39, 0.29) is 5.54 Å². The van der Waals surface area contributed by atoms with Crippen molar-refractivity contribution in [2.24, 2.45) is 5.73 Å². The highest BCUT2D eigenvalue weighted by molar-refractivity contribution is 5.22. The zero-order chi connectivity index (χ0) is 12.1. The zero-order valence-corrected chi connectivity index (χ0v) is 10.8. The Morgan fingerprint density at radius 1 is 1.12 bits per heavy atom. The SMILES string of the molecule is CCCc1ccc(CCNCC2(N)CC2)cc1. The predicted octanol–water partition coefficient (Wildman–Crippen LogP) is 2.26. The minimum Gasteiger partial charge on any atom is -0.324 e. The number of benzene rings is 1. The van der Waals surface area contributed by atoms with Crippen molar-refractivity contribution in [1.29, 1.82) is 0 Å². The average Bonchev–Trinajstić information content (AvgIpc) is 3.06. The van der Waals surface area contributed by atoms with Gasteiger partial charge < -0.3 is 11.1 Å². The van der Waals surface area contributed by atoms with Gasteiger partial charge in [-0.25, -0.2) is 0 Å². The largest absolute Gasteiger partial charge is 0.324 e. The summed E-state index contributed by atoms with van der Waals surface area (Å²) in [7, 11) is 0. The molecule has 0 spiro atoms. The van der Waals surface area contributed by atoms with E-state index in [4.69, 9.17) is 5.73 Å². The summed E-state index contributed by atoms with van der Waals surface area (Å²) >= 11 is 0. The Morgan fingerprint density at radius 2 is 1.71 bits per heavy atom. The molecule has 2 nitrogen and oxygen atoms in total. The molecule has 0 aliphatic heterocycles. The first kappa shape index (κ1) is 12.6. The third kappa shape index (κ3) is 4.14. The van der Waals surface area contributed by atoms with Gasteiger partial charge >= 0.3 is 0 Å². The van der Waals surface area contributed by atoms with Gasteiger partial charge in [0.05, 0.1) is 0 Å². The van der Waals surface area contributed by atoms with Gasteiger partial charge in [-0.05, 0) is 43.4 Å². The van der Waals surface area contributed by atoms with Crippen molar-refractivity contribution in [2.75, 3.05) is 13.1 Å². The average molecular weight is 232 g/mol. The molecule has 2 heteroatoms. The van der Waals surface area contributed by atoms with Crippen molar-refractivity contribution in [2.45, 2.75) is 44.6 Å². The molecule has 17 heavy (non-hydrogen) atoms. The van der Waals surface area contributed by atoms with Crippen LogP contribution in [0.3, 0.4) is 0 Å². The Hall–Kier alpha value is -0.860. The fourth-order valence-corrected chi connectivity index (χ4v) is 2.07. The van der Waals surface area contributed by atoms with Crippen LogP contribution in [0.2, 0.25) is 0 Å². The van der Waals surface area contributed by atoms with Crippen LogP contribution in [0.5, 0.6) is 0 Å². The molecule has 0 radical (unpaired) electrons. The maximum Gasteiger partial charge on any atom is 0.0282 e. The molecule has 94 valence electrons. The van der Waals surface area contributed by atoms with Gasteiger partial charge in [0.1, 0.15) is 0 Å². The maximum atomic E-state index is 6.02. The van der Waals surface area contributed by atoms with Crippen LogP contribution in [0.25, 0.3) is 0 Å². The Balaban J connectivity index is 1.67. The molecule has 2 rings (SSSR count). The lowest BCUT2D eigenvalue weighted by Crippen LogP contribution is -2.36. The normalized spacial score (nSPS) is 17.1. The highest BCUT2D eigenvalue weighted by Gasteiger charge is 2.37. The standard InChI is InChI=1S/C15H24N2/c1-2-3-13-4-6-14(7-5-13)8-11-17-12-15(16)9-10-15/h4-7,17H,2-3,8-12,16H2,1H3. The van der Waals surface area contributed by atoms with E-state index < -0.39 is 0 Å². The van der Waals surface area contributed by atoms with Crippen LogP contribution in [-0.4, -0.2) is 18.6 Å². The Labute approximate surface area is 105 Å². The molecule has 1 aromatic rings. The second-order valence-electron chi connectivity index (χ2n) is 5.36. The summed E-state index contributed by atoms with van der Waals surface area (Å²) in [6, 6.07) is 9.01. The highest BCUT2D eigenvalue weighted by Crippen LogP contribution is 2.30. The van der Waals surface area contributed by atoms with Crippen LogP contribution in [0, 0.1) is 0 Å². The van der Waals surface area contributed by atoms with Crippen LogP contribution >= 0.6 is 0 Å². The molecular formula is C15H24N2. The first-order chi connectivity index (χ1) is 8.22. The van der Waals surface area contributed by atoms with Gasteiger partial charge in [-0.15, -0.1) is 0 Å². The molecule has 0 atom stereocenters. The van der Waals surface area contributed by atoms with E-state index in [1.165, 1.54) is 36.8 Å². The van der Waals surface area contributed by atoms with Crippen molar-refractivity contribution in [3.63, 3.8) is 0 Å². The number of nitrogens with one attached hydrogen (secondary N) is 1. The lowest BCUT2D eigenvalue weighted by molar-refractivity contribution is 0.571. The third-order valence-corrected chi connectivity index (χ3v) is 3.52.